The Morgan fingerprint density at radius 2 is 1.43 bits per heavy atom. The summed E-state index contributed by atoms with van der Waals surface area (Å²) in [6.07, 6.45) is 0.493. The van der Waals surface area contributed by atoms with Gasteiger partial charge < -0.3 is 28.4 Å². The third-order valence-electron chi connectivity index (χ3n) is 5.38. The van der Waals surface area contributed by atoms with Crippen LogP contribution >= 0.6 is 0 Å². The molecule has 3 rings (SSSR count). The lowest BCUT2D eigenvalue weighted by molar-refractivity contribution is -0.132. The van der Waals surface area contributed by atoms with Crippen LogP contribution < -0.4 is 23.7 Å². The first kappa shape index (κ1) is 21.8. The fourth-order valence-corrected chi connectivity index (χ4v) is 3.80. The molecule has 7 heteroatoms. The molecule has 0 aliphatic heterocycles. The van der Waals surface area contributed by atoms with Gasteiger partial charge in [0.25, 0.3) is 0 Å². The molecule has 0 bridgehead atoms. The predicted molar refractivity (Wildman–Crippen MR) is 111 cm³/mol. The van der Waals surface area contributed by atoms with Gasteiger partial charge in [0.1, 0.15) is 5.78 Å². The smallest absolute Gasteiger partial charge is 0.203 e. The molecular weight excluding hydrogens is 388 g/mol. The standard InChI is InChI=1S/C23H28O7/c1-25-18-7-6-14(8-19(18)26-2)12-30-13-16-9-17(24)22(16)15-10-20(27-3)23(29-5)21(11-15)28-4/h6-8,10-11,16,22H,9,12-13H2,1-5H3/t16-,22-/m1/s1. The number of Topliss-reactive ketones (excluding diaryl/α,β-unsaturated/α-hetero) is 1. The van der Waals surface area contributed by atoms with Gasteiger partial charge in [-0.05, 0) is 35.4 Å². The molecule has 1 saturated carbocycles. The van der Waals surface area contributed by atoms with Crippen molar-refractivity contribution in [3.8, 4) is 28.7 Å². The van der Waals surface area contributed by atoms with E-state index in [9.17, 15) is 4.79 Å². The fraction of sp³-hybridized carbons (Fsp3) is 0.435. The number of hydrogen-bond donors (Lipinski definition) is 0. The maximum atomic E-state index is 12.4. The van der Waals surface area contributed by atoms with Crippen LogP contribution in [0.3, 0.4) is 0 Å². The van der Waals surface area contributed by atoms with Crippen molar-refractivity contribution in [1.82, 2.24) is 0 Å². The van der Waals surface area contributed by atoms with Crippen LogP contribution in [0.5, 0.6) is 28.7 Å². The van der Waals surface area contributed by atoms with Crippen molar-refractivity contribution in [2.24, 2.45) is 5.92 Å². The summed E-state index contributed by atoms with van der Waals surface area (Å²) in [6, 6.07) is 9.35. The van der Waals surface area contributed by atoms with Crippen LogP contribution in [-0.4, -0.2) is 47.9 Å². The number of methoxy groups -OCH3 is 5. The van der Waals surface area contributed by atoms with Gasteiger partial charge >= 0.3 is 0 Å². The largest absolute Gasteiger partial charge is 0.493 e. The molecule has 0 radical (unpaired) electrons. The average Bonchev–Trinajstić information content (AvgIpc) is 2.77. The minimum atomic E-state index is -0.246. The molecule has 0 heterocycles. The molecule has 0 N–H and O–H groups in total. The summed E-state index contributed by atoms with van der Waals surface area (Å²) in [5, 5.41) is 0. The van der Waals surface area contributed by atoms with Gasteiger partial charge in [0.2, 0.25) is 5.75 Å². The highest BCUT2D eigenvalue weighted by Crippen LogP contribution is 2.46. The highest BCUT2D eigenvalue weighted by molar-refractivity contribution is 5.92. The van der Waals surface area contributed by atoms with Crippen molar-refractivity contribution >= 4 is 5.78 Å². The summed E-state index contributed by atoms with van der Waals surface area (Å²) in [4.78, 5) is 12.4. The predicted octanol–water partition coefficient (Wildman–Crippen LogP) is 3.62. The molecule has 162 valence electrons. The van der Waals surface area contributed by atoms with Crippen molar-refractivity contribution in [3.63, 3.8) is 0 Å². The summed E-state index contributed by atoms with van der Waals surface area (Å²) in [5.74, 6) is 2.96. The quantitative estimate of drug-likeness (QED) is 0.586. The topological polar surface area (TPSA) is 72.5 Å². The lowest BCUT2D eigenvalue weighted by atomic mass is 9.69. The highest BCUT2D eigenvalue weighted by Gasteiger charge is 2.41. The van der Waals surface area contributed by atoms with Gasteiger partial charge in [-0.15, -0.1) is 0 Å². The van der Waals surface area contributed by atoms with Crippen LogP contribution in [0.25, 0.3) is 0 Å². The summed E-state index contributed by atoms with van der Waals surface area (Å²) in [6.45, 7) is 0.897. The lowest BCUT2D eigenvalue weighted by Gasteiger charge is -2.35. The van der Waals surface area contributed by atoms with Crippen LogP contribution in [0.4, 0.5) is 0 Å². The maximum Gasteiger partial charge on any atom is 0.203 e. The van der Waals surface area contributed by atoms with Crippen LogP contribution in [-0.2, 0) is 16.1 Å². The van der Waals surface area contributed by atoms with E-state index in [2.05, 4.69) is 0 Å². The SMILES string of the molecule is COc1ccc(COC[C@H]2CC(=O)[C@@H]2c2cc(OC)c(OC)c(OC)c2)cc1OC. The molecule has 30 heavy (non-hydrogen) atoms. The summed E-state index contributed by atoms with van der Waals surface area (Å²) >= 11 is 0. The molecule has 2 aromatic carbocycles. The monoisotopic (exact) mass is 416 g/mol. The fourth-order valence-electron chi connectivity index (χ4n) is 3.80. The highest BCUT2D eigenvalue weighted by atomic mass is 16.5. The maximum absolute atomic E-state index is 12.4. The third kappa shape index (κ3) is 4.31. The molecule has 2 aromatic rings. The normalized spacial score (nSPS) is 17.8. The number of hydrogen-bond acceptors (Lipinski definition) is 7. The number of carbonyl (C=O) groups is 1. The van der Waals surface area contributed by atoms with Gasteiger partial charge in [0.15, 0.2) is 23.0 Å². The Morgan fingerprint density at radius 1 is 0.800 bits per heavy atom. The number of rotatable bonds is 10. The molecule has 1 aliphatic carbocycles. The van der Waals surface area contributed by atoms with Gasteiger partial charge in [0, 0.05) is 18.3 Å². The van der Waals surface area contributed by atoms with Gasteiger partial charge in [-0.25, -0.2) is 0 Å². The van der Waals surface area contributed by atoms with E-state index in [1.165, 1.54) is 0 Å². The number of benzene rings is 2. The third-order valence-corrected chi connectivity index (χ3v) is 5.38. The van der Waals surface area contributed by atoms with Crippen molar-refractivity contribution in [2.75, 3.05) is 42.2 Å². The summed E-state index contributed by atoms with van der Waals surface area (Å²) < 4.78 is 32.7. The van der Waals surface area contributed by atoms with Crippen molar-refractivity contribution < 1.29 is 33.2 Å². The van der Waals surface area contributed by atoms with Gasteiger partial charge in [0.05, 0.1) is 48.8 Å². The molecule has 7 nitrogen and oxygen atoms in total. The zero-order valence-electron chi connectivity index (χ0n) is 18.0. The van der Waals surface area contributed by atoms with Crippen LogP contribution in [0, 0.1) is 5.92 Å². The first-order valence-electron chi connectivity index (χ1n) is 9.67. The molecule has 0 aromatic heterocycles. The Morgan fingerprint density at radius 3 is 1.97 bits per heavy atom. The molecule has 1 fully saturated rings. The molecule has 0 amide bonds. The van der Waals surface area contributed by atoms with Gasteiger partial charge in [-0.1, -0.05) is 6.07 Å². The van der Waals surface area contributed by atoms with Crippen LogP contribution in [0.1, 0.15) is 23.5 Å². The van der Waals surface area contributed by atoms with Gasteiger partial charge in [-0.3, -0.25) is 4.79 Å². The van der Waals surface area contributed by atoms with Crippen molar-refractivity contribution in [1.29, 1.82) is 0 Å². The minimum Gasteiger partial charge on any atom is -0.493 e. The van der Waals surface area contributed by atoms with Crippen molar-refractivity contribution in [3.05, 3.63) is 41.5 Å². The second-order valence-electron chi connectivity index (χ2n) is 7.07. The Balaban J connectivity index is 1.68. The zero-order valence-corrected chi connectivity index (χ0v) is 18.0. The molecular formula is C23H28O7. The number of ketones is 1. The zero-order chi connectivity index (χ0) is 21.7. The van der Waals surface area contributed by atoms with E-state index < -0.39 is 0 Å². The average molecular weight is 416 g/mol. The van der Waals surface area contributed by atoms with E-state index in [1.54, 1.807) is 35.5 Å². The van der Waals surface area contributed by atoms with E-state index in [-0.39, 0.29) is 17.6 Å². The first-order valence-corrected chi connectivity index (χ1v) is 9.67. The first-order chi connectivity index (χ1) is 14.6. The van der Waals surface area contributed by atoms with E-state index in [4.69, 9.17) is 28.4 Å². The Hall–Kier alpha value is -2.93. The molecule has 1 aliphatic rings. The molecule has 0 spiro atoms. The molecule has 2 atom stereocenters. The van der Waals surface area contributed by atoms with E-state index >= 15 is 0 Å². The van der Waals surface area contributed by atoms with E-state index in [1.807, 2.05) is 30.3 Å². The molecule has 0 saturated heterocycles. The minimum absolute atomic E-state index is 0.0976. The summed E-state index contributed by atoms with van der Waals surface area (Å²) in [5.41, 5.74) is 1.82. The number of ether oxygens (including phenoxy) is 6. The summed E-state index contributed by atoms with van der Waals surface area (Å²) in [7, 11) is 7.88. The van der Waals surface area contributed by atoms with Crippen LogP contribution in [0.15, 0.2) is 30.3 Å². The van der Waals surface area contributed by atoms with Gasteiger partial charge in [-0.2, -0.15) is 0 Å². The Bertz CT molecular complexity index is 868. The molecule has 0 unspecified atom stereocenters. The Kier molecular flexibility index (Phi) is 7.05. The second-order valence-corrected chi connectivity index (χ2v) is 7.07. The second kappa shape index (κ2) is 9.71. The van der Waals surface area contributed by atoms with Crippen molar-refractivity contribution in [2.45, 2.75) is 18.9 Å². The van der Waals surface area contributed by atoms with E-state index in [0.29, 0.717) is 48.4 Å². The van der Waals surface area contributed by atoms with Crippen LogP contribution in [0.2, 0.25) is 0 Å². The van der Waals surface area contributed by atoms with E-state index in [0.717, 1.165) is 11.1 Å². The lowest BCUT2D eigenvalue weighted by Crippen LogP contribution is -2.38. The number of carbonyl (C=O) groups excluding carboxylic acids is 1. The Labute approximate surface area is 176 Å².